The highest BCUT2D eigenvalue weighted by Gasteiger charge is 2.20. The van der Waals surface area contributed by atoms with Crippen LogP contribution in [0.4, 0.5) is 0 Å². The average molecular weight is 388 g/mol. The van der Waals surface area contributed by atoms with E-state index in [1.165, 1.54) is 12.8 Å². The number of hydrogen-bond donors (Lipinski definition) is 0. The Morgan fingerprint density at radius 2 is 2.12 bits per heavy atom. The van der Waals surface area contributed by atoms with Gasteiger partial charge in [-0.25, -0.2) is 0 Å². The highest BCUT2D eigenvalue weighted by atomic mass is 32.2. The van der Waals surface area contributed by atoms with Gasteiger partial charge in [-0.15, -0.1) is 21.5 Å². The Hall–Kier alpha value is -1.83. The van der Waals surface area contributed by atoms with Crippen molar-refractivity contribution in [1.82, 2.24) is 14.8 Å². The summed E-state index contributed by atoms with van der Waals surface area (Å²) >= 11 is 3.38. The smallest absolute Gasteiger partial charge is 0.196 e. The van der Waals surface area contributed by atoms with Gasteiger partial charge in [0.05, 0.1) is 23.8 Å². The lowest BCUT2D eigenvalue weighted by Gasteiger charge is -2.22. The van der Waals surface area contributed by atoms with Crippen molar-refractivity contribution in [3.63, 3.8) is 0 Å². The van der Waals surface area contributed by atoms with Crippen molar-refractivity contribution in [3.8, 4) is 22.1 Å². The Morgan fingerprint density at radius 3 is 2.81 bits per heavy atom. The molecule has 1 saturated heterocycles. The summed E-state index contributed by atoms with van der Waals surface area (Å²) in [6.07, 6.45) is 3.85. The minimum absolute atomic E-state index is 0.306. The van der Waals surface area contributed by atoms with Crippen LogP contribution in [-0.4, -0.2) is 40.3 Å². The molecule has 0 bridgehead atoms. The molecule has 136 valence electrons. The maximum absolute atomic E-state index is 5.86. The SMILES string of the molecule is COc1ccc(-n2c(SCC3CCCCO3)nnc2-c2cccs2)cc1. The minimum atomic E-state index is 0.306. The van der Waals surface area contributed by atoms with E-state index in [4.69, 9.17) is 9.47 Å². The van der Waals surface area contributed by atoms with E-state index in [0.717, 1.165) is 46.1 Å². The molecule has 1 unspecified atom stereocenters. The molecule has 1 aromatic carbocycles. The van der Waals surface area contributed by atoms with Crippen molar-refractivity contribution in [2.24, 2.45) is 0 Å². The fraction of sp³-hybridized carbons (Fsp3) is 0.368. The van der Waals surface area contributed by atoms with E-state index in [1.807, 2.05) is 30.3 Å². The van der Waals surface area contributed by atoms with Gasteiger partial charge in [0.1, 0.15) is 5.75 Å². The van der Waals surface area contributed by atoms with Gasteiger partial charge in [0.15, 0.2) is 11.0 Å². The van der Waals surface area contributed by atoms with Gasteiger partial charge in [-0.3, -0.25) is 4.57 Å². The monoisotopic (exact) mass is 387 g/mol. The Bertz CT molecular complexity index is 825. The van der Waals surface area contributed by atoms with E-state index in [1.54, 1.807) is 30.2 Å². The highest BCUT2D eigenvalue weighted by Crippen LogP contribution is 2.32. The number of rotatable bonds is 6. The van der Waals surface area contributed by atoms with Gasteiger partial charge in [0.25, 0.3) is 0 Å². The maximum atomic E-state index is 5.86. The van der Waals surface area contributed by atoms with Crippen molar-refractivity contribution in [3.05, 3.63) is 41.8 Å². The van der Waals surface area contributed by atoms with Crippen LogP contribution in [0, 0.1) is 0 Å². The second-order valence-electron chi connectivity index (χ2n) is 6.12. The molecule has 0 amide bonds. The van der Waals surface area contributed by atoms with Crippen molar-refractivity contribution in [1.29, 1.82) is 0 Å². The van der Waals surface area contributed by atoms with Crippen molar-refractivity contribution < 1.29 is 9.47 Å². The molecule has 0 saturated carbocycles. The molecule has 3 heterocycles. The van der Waals surface area contributed by atoms with Gasteiger partial charge in [0, 0.05) is 12.4 Å². The van der Waals surface area contributed by atoms with E-state index < -0.39 is 0 Å². The molecule has 3 aromatic rings. The molecule has 0 N–H and O–H groups in total. The Kier molecular flexibility index (Phi) is 5.57. The molecule has 4 rings (SSSR count). The van der Waals surface area contributed by atoms with E-state index in [2.05, 4.69) is 26.2 Å². The number of nitrogens with zero attached hydrogens (tertiary/aromatic N) is 3. The Labute approximate surface area is 161 Å². The van der Waals surface area contributed by atoms with Gasteiger partial charge in [-0.2, -0.15) is 0 Å². The van der Waals surface area contributed by atoms with Crippen LogP contribution in [0.3, 0.4) is 0 Å². The van der Waals surface area contributed by atoms with E-state index >= 15 is 0 Å². The second-order valence-corrected chi connectivity index (χ2v) is 8.05. The normalized spacial score (nSPS) is 17.3. The zero-order valence-electron chi connectivity index (χ0n) is 14.6. The summed E-state index contributed by atoms with van der Waals surface area (Å²) in [5, 5.41) is 11.9. The summed E-state index contributed by atoms with van der Waals surface area (Å²) in [5.41, 5.74) is 1.03. The van der Waals surface area contributed by atoms with Gasteiger partial charge in [-0.05, 0) is 55.0 Å². The first kappa shape index (κ1) is 17.6. The summed E-state index contributed by atoms with van der Waals surface area (Å²) in [6.45, 7) is 0.872. The number of ether oxygens (including phenoxy) is 2. The number of methoxy groups -OCH3 is 1. The Balaban J connectivity index is 1.64. The zero-order valence-corrected chi connectivity index (χ0v) is 16.3. The third kappa shape index (κ3) is 3.79. The van der Waals surface area contributed by atoms with Crippen LogP contribution in [-0.2, 0) is 4.74 Å². The van der Waals surface area contributed by atoms with Crippen LogP contribution in [0.5, 0.6) is 5.75 Å². The number of hydrogen-bond acceptors (Lipinski definition) is 6. The lowest BCUT2D eigenvalue weighted by Crippen LogP contribution is -2.21. The summed E-state index contributed by atoms with van der Waals surface area (Å²) < 4.78 is 13.3. The third-order valence-electron chi connectivity index (χ3n) is 4.38. The van der Waals surface area contributed by atoms with Crippen molar-refractivity contribution in [2.75, 3.05) is 19.5 Å². The lowest BCUT2D eigenvalue weighted by molar-refractivity contribution is 0.0315. The van der Waals surface area contributed by atoms with Crippen LogP contribution in [0.1, 0.15) is 19.3 Å². The quantitative estimate of drug-likeness (QED) is 0.576. The molecular formula is C19H21N3O2S2. The van der Waals surface area contributed by atoms with Crippen LogP contribution in [0.25, 0.3) is 16.4 Å². The fourth-order valence-corrected chi connectivity index (χ4v) is 4.71. The molecule has 5 nitrogen and oxygen atoms in total. The van der Waals surface area contributed by atoms with E-state index in [0.29, 0.717) is 6.10 Å². The molecule has 1 aliphatic rings. The highest BCUT2D eigenvalue weighted by molar-refractivity contribution is 7.99. The first-order valence-electron chi connectivity index (χ1n) is 8.73. The summed E-state index contributed by atoms with van der Waals surface area (Å²) in [5.74, 6) is 2.61. The minimum Gasteiger partial charge on any atom is -0.497 e. The second kappa shape index (κ2) is 8.24. The largest absolute Gasteiger partial charge is 0.497 e. The number of thioether (sulfide) groups is 1. The molecule has 26 heavy (non-hydrogen) atoms. The summed E-state index contributed by atoms with van der Waals surface area (Å²) in [4.78, 5) is 1.11. The third-order valence-corrected chi connectivity index (χ3v) is 6.30. The van der Waals surface area contributed by atoms with Crippen LogP contribution >= 0.6 is 23.1 Å². The molecule has 0 radical (unpaired) electrons. The molecule has 2 aromatic heterocycles. The molecule has 0 spiro atoms. The van der Waals surface area contributed by atoms with Gasteiger partial charge in [-0.1, -0.05) is 17.8 Å². The van der Waals surface area contributed by atoms with Crippen LogP contribution < -0.4 is 4.74 Å². The molecule has 1 aliphatic heterocycles. The first-order chi connectivity index (χ1) is 12.8. The van der Waals surface area contributed by atoms with Crippen LogP contribution in [0.15, 0.2) is 46.9 Å². The van der Waals surface area contributed by atoms with Crippen molar-refractivity contribution >= 4 is 23.1 Å². The number of thiophene rings is 1. The van der Waals surface area contributed by atoms with Gasteiger partial charge in [0.2, 0.25) is 0 Å². The van der Waals surface area contributed by atoms with E-state index in [9.17, 15) is 0 Å². The first-order valence-corrected chi connectivity index (χ1v) is 10.6. The predicted octanol–water partition coefficient (Wildman–Crippen LogP) is 4.67. The molecule has 0 aliphatic carbocycles. The molecule has 1 atom stereocenters. The number of aromatic nitrogens is 3. The fourth-order valence-electron chi connectivity index (χ4n) is 3.00. The standard InChI is InChI=1S/C19H21N3O2S2/c1-23-15-9-7-14(8-10-15)22-18(17-6-4-12-25-17)20-21-19(22)26-13-16-5-2-3-11-24-16/h4,6-10,12,16H,2-3,5,11,13H2,1H3. The molecule has 1 fully saturated rings. The lowest BCUT2D eigenvalue weighted by atomic mass is 10.1. The topological polar surface area (TPSA) is 49.2 Å². The predicted molar refractivity (Wildman–Crippen MR) is 106 cm³/mol. The average Bonchev–Trinajstić information content (AvgIpc) is 3.37. The summed E-state index contributed by atoms with van der Waals surface area (Å²) in [7, 11) is 1.68. The van der Waals surface area contributed by atoms with E-state index in [-0.39, 0.29) is 0 Å². The van der Waals surface area contributed by atoms with Crippen LogP contribution in [0.2, 0.25) is 0 Å². The van der Waals surface area contributed by atoms with Gasteiger partial charge >= 0.3 is 0 Å². The Morgan fingerprint density at radius 1 is 1.23 bits per heavy atom. The molecule has 7 heteroatoms. The van der Waals surface area contributed by atoms with Gasteiger partial charge < -0.3 is 9.47 Å². The number of benzene rings is 1. The molecular weight excluding hydrogens is 366 g/mol. The summed E-state index contributed by atoms with van der Waals surface area (Å²) in [6, 6.07) is 12.1. The van der Waals surface area contributed by atoms with Crippen molar-refractivity contribution in [2.45, 2.75) is 30.5 Å². The maximum Gasteiger partial charge on any atom is 0.196 e. The zero-order chi connectivity index (χ0) is 17.8.